The molecule has 0 bridgehead atoms. The van der Waals surface area contributed by atoms with Crippen LogP contribution in [0.1, 0.15) is 12.0 Å². The van der Waals surface area contributed by atoms with Gasteiger partial charge in [-0.2, -0.15) is 0 Å². The molecule has 1 amide bonds. The zero-order chi connectivity index (χ0) is 17.9. The Balaban J connectivity index is 1.43. The Morgan fingerprint density at radius 1 is 1.23 bits per heavy atom. The quantitative estimate of drug-likeness (QED) is 0.774. The minimum atomic E-state index is -0.773. The van der Waals surface area contributed by atoms with E-state index < -0.39 is 6.10 Å². The van der Waals surface area contributed by atoms with Gasteiger partial charge < -0.3 is 10.2 Å². The van der Waals surface area contributed by atoms with Gasteiger partial charge in [0.05, 0.1) is 11.4 Å². The van der Waals surface area contributed by atoms with Crippen molar-refractivity contribution in [1.82, 2.24) is 20.2 Å². The summed E-state index contributed by atoms with van der Waals surface area (Å²) in [6, 6.07) is 13.1. The van der Waals surface area contributed by atoms with Crippen LogP contribution in [0.3, 0.4) is 0 Å². The predicted octanol–water partition coefficient (Wildman–Crippen LogP) is 1.93. The summed E-state index contributed by atoms with van der Waals surface area (Å²) < 4.78 is 14.8. The highest BCUT2D eigenvalue weighted by Crippen LogP contribution is 2.20. The Hall–Kier alpha value is -3.62. The van der Waals surface area contributed by atoms with Gasteiger partial charge in [0.25, 0.3) is 5.91 Å². The van der Waals surface area contributed by atoms with Crippen LogP contribution in [-0.2, 0) is 9.63 Å². The van der Waals surface area contributed by atoms with Crippen molar-refractivity contribution in [3.05, 3.63) is 66.2 Å². The number of nitrogens with one attached hydrogen (secondary N) is 1. The van der Waals surface area contributed by atoms with Gasteiger partial charge in [0.15, 0.2) is 0 Å². The maximum atomic E-state index is 13.3. The van der Waals surface area contributed by atoms with Crippen LogP contribution in [0.2, 0.25) is 0 Å². The fourth-order valence-corrected chi connectivity index (χ4v) is 2.59. The Bertz CT molecular complexity index is 973. The van der Waals surface area contributed by atoms with Crippen molar-refractivity contribution in [2.24, 2.45) is 5.16 Å². The normalized spacial score (nSPS) is 16.0. The summed E-state index contributed by atoms with van der Waals surface area (Å²) in [7, 11) is 0. The molecule has 1 atom stereocenters. The van der Waals surface area contributed by atoms with E-state index in [1.54, 1.807) is 30.3 Å². The molecule has 0 saturated heterocycles. The zero-order valence-electron chi connectivity index (χ0n) is 13.4. The lowest BCUT2D eigenvalue weighted by molar-refractivity contribution is -0.125. The molecule has 1 aliphatic heterocycles. The summed E-state index contributed by atoms with van der Waals surface area (Å²) in [5.41, 5.74) is 2.41. The fraction of sp³-hybridized carbons (Fsp3) is 0.118. The van der Waals surface area contributed by atoms with E-state index in [-0.39, 0.29) is 18.1 Å². The van der Waals surface area contributed by atoms with Crippen molar-refractivity contribution in [3.8, 4) is 5.69 Å². The first kappa shape index (κ1) is 15.9. The molecule has 0 spiro atoms. The van der Waals surface area contributed by atoms with Crippen molar-refractivity contribution in [2.45, 2.75) is 12.5 Å². The molecule has 2 heterocycles. The molecule has 8 nitrogen and oxygen atoms in total. The monoisotopic (exact) mass is 352 g/mol. The Labute approximate surface area is 147 Å². The third-order valence-electron chi connectivity index (χ3n) is 3.85. The molecule has 0 saturated carbocycles. The van der Waals surface area contributed by atoms with E-state index in [0.29, 0.717) is 22.6 Å². The van der Waals surface area contributed by atoms with E-state index in [0.717, 1.165) is 0 Å². The number of aromatic nitrogens is 4. The standard InChI is InChI=1S/C17H13FN6O2/c18-12-4-1-3-11(7-12)15-9-16(26-21-15)17(25)20-13-5-2-6-14(8-13)24-10-19-22-23-24/h1-8,10,16H,9H2,(H,20,25). The molecular weight excluding hydrogens is 339 g/mol. The molecule has 2 aromatic carbocycles. The van der Waals surface area contributed by atoms with Crippen LogP contribution in [0.25, 0.3) is 5.69 Å². The first-order chi connectivity index (χ1) is 12.7. The number of rotatable bonds is 4. The number of tetrazole rings is 1. The Morgan fingerprint density at radius 2 is 2.12 bits per heavy atom. The van der Waals surface area contributed by atoms with Gasteiger partial charge in [0, 0.05) is 17.7 Å². The third-order valence-corrected chi connectivity index (χ3v) is 3.85. The number of hydrogen-bond acceptors (Lipinski definition) is 6. The first-order valence-electron chi connectivity index (χ1n) is 7.82. The van der Waals surface area contributed by atoms with Crippen LogP contribution < -0.4 is 5.32 Å². The van der Waals surface area contributed by atoms with Crippen LogP contribution in [0.15, 0.2) is 60.0 Å². The van der Waals surface area contributed by atoms with Crippen LogP contribution in [0, 0.1) is 5.82 Å². The summed E-state index contributed by atoms with van der Waals surface area (Å²) in [4.78, 5) is 17.6. The van der Waals surface area contributed by atoms with Crippen molar-refractivity contribution in [3.63, 3.8) is 0 Å². The highest BCUT2D eigenvalue weighted by molar-refractivity contribution is 6.06. The minimum absolute atomic E-state index is 0.266. The molecule has 1 aliphatic rings. The zero-order valence-corrected chi connectivity index (χ0v) is 13.4. The number of amides is 1. The molecule has 130 valence electrons. The van der Waals surface area contributed by atoms with E-state index in [1.807, 2.05) is 6.07 Å². The second-order valence-corrected chi connectivity index (χ2v) is 5.64. The van der Waals surface area contributed by atoms with E-state index in [2.05, 4.69) is 26.0 Å². The molecule has 26 heavy (non-hydrogen) atoms. The van der Waals surface area contributed by atoms with Crippen molar-refractivity contribution in [1.29, 1.82) is 0 Å². The summed E-state index contributed by atoms with van der Waals surface area (Å²) >= 11 is 0. The number of oxime groups is 1. The average molecular weight is 352 g/mol. The molecule has 0 radical (unpaired) electrons. The second-order valence-electron chi connectivity index (χ2n) is 5.64. The van der Waals surface area contributed by atoms with Gasteiger partial charge in [-0.05, 0) is 40.8 Å². The highest BCUT2D eigenvalue weighted by Gasteiger charge is 2.29. The molecule has 3 aromatic rings. The first-order valence-corrected chi connectivity index (χ1v) is 7.82. The molecule has 4 rings (SSSR count). The van der Waals surface area contributed by atoms with Gasteiger partial charge in [-0.15, -0.1) is 5.10 Å². The van der Waals surface area contributed by atoms with E-state index in [1.165, 1.54) is 23.1 Å². The SMILES string of the molecule is O=C(Nc1cccc(-n2cnnn2)c1)C1CC(c2cccc(F)c2)=NO1. The molecule has 1 N–H and O–H groups in total. The van der Waals surface area contributed by atoms with Gasteiger partial charge in [-0.25, -0.2) is 9.07 Å². The molecule has 1 unspecified atom stereocenters. The van der Waals surface area contributed by atoms with Crippen LogP contribution in [-0.4, -0.2) is 37.9 Å². The van der Waals surface area contributed by atoms with Crippen LogP contribution in [0.4, 0.5) is 10.1 Å². The number of benzene rings is 2. The third kappa shape index (κ3) is 3.27. The van der Waals surface area contributed by atoms with Gasteiger partial charge in [-0.3, -0.25) is 4.79 Å². The van der Waals surface area contributed by atoms with Gasteiger partial charge >= 0.3 is 0 Å². The number of nitrogens with zero attached hydrogens (tertiary/aromatic N) is 5. The van der Waals surface area contributed by atoms with E-state index >= 15 is 0 Å². The molecular formula is C17H13FN6O2. The molecule has 0 fully saturated rings. The smallest absolute Gasteiger partial charge is 0.268 e. The van der Waals surface area contributed by atoms with Crippen molar-refractivity contribution in [2.75, 3.05) is 5.32 Å². The van der Waals surface area contributed by atoms with Gasteiger partial charge in [-0.1, -0.05) is 23.4 Å². The van der Waals surface area contributed by atoms with Gasteiger partial charge in [0.2, 0.25) is 6.10 Å². The minimum Gasteiger partial charge on any atom is -0.382 e. The maximum Gasteiger partial charge on any atom is 0.268 e. The van der Waals surface area contributed by atoms with E-state index in [9.17, 15) is 9.18 Å². The number of carbonyl (C=O) groups is 1. The lowest BCUT2D eigenvalue weighted by atomic mass is 10.0. The second kappa shape index (κ2) is 6.71. The fourth-order valence-electron chi connectivity index (χ4n) is 2.59. The Morgan fingerprint density at radius 3 is 2.92 bits per heavy atom. The molecule has 9 heteroatoms. The lowest BCUT2D eigenvalue weighted by Crippen LogP contribution is -2.28. The van der Waals surface area contributed by atoms with Crippen LogP contribution in [0.5, 0.6) is 0 Å². The topological polar surface area (TPSA) is 94.3 Å². The Kier molecular flexibility index (Phi) is 4.10. The number of halogens is 1. The summed E-state index contributed by atoms with van der Waals surface area (Å²) in [6.45, 7) is 0. The largest absolute Gasteiger partial charge is 0.382 e. The summed E-state index contributed by atoms with van der Waals surface area (Å²) in [6.07, 6.45) is 0.951. The highest BCUT2D eigenvalue weighted by atomic mass is 19.1. The summed E-state index contributed by atoms with van der Waals surface area (Å²) in [5.74, 6) is -0.702. The molecule has 0 aliphatic carbocycles. The van der Waals surface area contributed by atoms with Crippen molar-refractivity contribution < 1.29 is 14.0 Å². The number of anilines is 1. The van der Waals surface area contributed by atoms with Crippen LogP contribution >= 0.6 is 0 Å². The van der Waals surface area contributed by atoms with Crippen molar-refractivity contribution >= 4 is 17.3 Å². The summed E-state index contributed by atoms with van der Waals surface area (Å²) in [5, 5.41) is 17.6. The predicted molar refractivity (Wildman–Crippen MR) is 90.2 cm³/mol. The van der Waals surface area contributed by atoms with E-state index in [4.69, 9.17) is 4.84 Å². The number of carbonyl (C=O) groups excluding carboxylic acids is 1. The maximum absolute atomic E-state index is 13.3. The molecule has 1 aromatic heterocycles. The number of hydrogen-bond donors (Lipinski definition) is 1. The van der Waals surface area contributed by atoms with Gasteiger partial charge in [0.1, 0.15) is 12.1 Å². The lowest BCUT2D eigenvalue weighted by Gasteiger charge is -2.10. The average Bonchev–Trinajstić information content (AvgIpc) is 3.34.